The van der Waals surface area contributed by atoms with Crippen molar-refractivity contribution in [2.24, 2.45) is 0 Å². The molecule has 0 spiro atoms. The third-order valence-corrected chi connectivity index (χ3v) is 4.89. The highest BCUT2D eigenvalue weighted by atomic mass is 15.1. The molecule has 2 aromatic rings. The fourth-order valence-electron chi connectivity index (χ4n) is 3.02. The van der Waals surface area contributed by atoms with Crippen LogP contribution in [0.3, 0.4) is 0 Å². The molecule has 0 amide bonds. The van der Waals surface area contributed by atoms with E-state index in [0.29, 0.717) is 0 Å². The smallest absolute Gasteiger partial charge is 0.0560 e. The molecule has 0 fully saturated rings. The molecule has 27 heavy (non-hydrogen) atoms. The highest BCUT2D eigenvalue weighted by Crippen LogP contribution is 2.11. The number of hydrogen-bond donors (Lipinski definition) is 0. The number of rotatable bonds is 8. The second-order valence-electron chi connectivity index (χ2n) is 6.88. The molecule has 0 saturated heterocycles. The van der Waals surface area contributed by atoms with Gasteiger partial charge in [0, 0.05) is 24.2 Å². The number of nitrogens with zero attached hydrogens (tertiary/aromatic N) is 3. The summed E-state index contributed by atoms with van der Waals surface area (Å²) in [5.74, 6) is 6.65. The van der Waals surface area contributed by atoms with Crippen LogP contribution in [0.25, 0.3) is 0 Å². The zero-order valence-corrected chi connectivity index (χ0v) is 17.5. The molecule has 0 aliphatic carbocycles. The van der Waals surface area contributed by atoms with Crippen molar-refractivity contribution in [3.8, 4) is 11.8 Å². The Morgan fingerprint density at radius 1 is 0.704 bits per heavy atom. The van der Waals surface area contributed by atoms with Crippen LogP contribution in [0.4, 0.5) is 0 Å². The minimum atomic E-state index is 0.873. The van der Waals surface area contributed by atoms with E-state index in [1.54, 1.807) is 0 Å². The quantitative estimate of drug-likeness (QED) is 0.645. The van der Waals surface area contributed by atoms with Crippen LogP contribution in [0, 0.1) is 18.8 Å². The van der Waals surface area contributed by atoms with Crippen LogP contribution in [-0.4, -0.2) is 41.0 Å². The maximum Gasteiger partial charge on any atom is 0.0560 e. The molecule has 1 aromatic carbocycles. The van der Waals surface area contributed by atoms with Gasteiger partial charge in [0.15, 0.2) is 0 Å². The summed E-state index contributed by atoms with van der Waals surface area (Å²) in [6.45, 7) is 16.7. The van der Waals surface area contributed by atoms with Crippen LogP contribution < -0.4 is 0 Å². The first-order valence-electron chi connectivity index (χ1n) is 10.1. The second-order valence-corrected chi connectivity index (χ2v) is 6.88. The van der Waals surface area contributed by atoms with Crippen molar-refractivity contribution in [2.45, 2.75) is 47.7 Å². The van der Waals surface area contributed by atoms with Crippen LogP contribution in [0.15, 0.2) is 36.4 Å². The molecule has 0 radical (unpaired) electrons. The molecule has 0 unspecified atom stereocenters. The first-order chi connectivity index (χ1) is 13.1. The van der Waals surface area contributed by atoms with Gasteiger partial charge in [-0.3, -0.25) is 14.8 Å². The topological polar surface area (TPSA) is 19.4 Å². The highest BCUT2D eigenvalue weighted by Gasteiger charge is 2.08. The fourth-order valence-corrected chi connectivity index (χ4v) is 3.02. The second kappa shape index (κ2) is 10.9. The van der Waals surface area contributed by atoms with Crippen LogP contribution >= 0.6 is 0 Å². The molecular formula is C24H33N3. The van der Waals surface area contributed by atoms with Crippen LogP contribution in [0.2, 0.25) is 0 Å². The summed E-state index contributed by atoms with van der Waals surface area (Å²) in [7, 11) is 0. The Hall–Kier alpha value is -2.15. The Balaban J connectivity index is 2.32. The van der Waals surface area contributed by atoms with Gasteiger partial charge in [0.05, 0.1) is 11.4 Å². The van der Waals surface area contributed by atoms with Crippen molar-refractivity contribution in [3.63, 3.8) is 0 Å². The lowest BCUT2D eigenvalue weighted by Crippen LogP contribution is -2.25. The van der Waals surface area contributed by atoms with Crippen molar-refractivity contribution in [1.82, 2.24) is 14.8 Å². The van der Waals surface area contributed by atoms with E-state index >= 15 is 0 Å². The van der Waals surface area contributed by atoms with Gasteiger partial charge in [0.1, 0.15) is 0 Å². The monoisotopic (exact) mass is 363 g/mol. The third-order valence-electron chi connectivity index (χ3n) is 4.89. The molecule has 3 nitrogen and oxygen atoms in total. The molecule has 0 saturated carbocycles. The number of pyridine rings is 1. The predicted molar refractivity (Wildman–Crippen MR) is 115 cm³/mol. The maximum atomic E-state index is 4.92. The summed E-state index contributed by atoms with van der Waals surface area (Å²) < 4.78 is 0. The third kappa shape index (κ3) is 6.82. The van der Waals surface area contributed by atoms with E-state index in [-0.39, 0.29) is 0 Å². The molecule has 0 aliphatic heterocycles. The number of aryl methyl sites for hydroxylation is 1. The Morgan fingerprint density at radius 2 is 1.15 bits per heavy atom. The summed E-state index contributed by atoms with van der Waals surface area (Å²) >= 11 is 0. The summed E-state index contributed by atoms with van der Waals surface area (Å²) in [5, 5.41) is 0. The average Bonchev–Trinajstić information content (AvgIpc) is 2.69. The van der Waals surface area contributed by atoms with E-state index in [4.69, 9.17) is 4.98 Å². The Morgan fingerprint density at radius 3 is 1.59 bits per heavy atom. The molecule has 0 aliphatic rings. The van der Waals surface area contributed by atoms with Crippen molar-refractivity contribution < 1.29 is 0 Å². The summed E-state index contributed by atoms with van der Waals surface area (Å²) in [6, 6.07) is 12.7. The van der Waals surface area contributed by atoms with Crippen molar-refractivity contribution >= 4 is 0 Å². The summed E-state index contributed by atoms with van der Waals surface area (Å²) in [5.41, 5.74) is 5.57. The first-order valence-corrected chi connectivity index (χ1v) is 10.1. The van der Waals surface area contributed by atoms with Gasteiger partial charge >= 0.3 is 0 Å². The van der Waals surface area contributed by atoms with Crippen LogP contribution in [-0.2, 0) is 13.1 Å². The Kier molecular flexibility index (Phi) is 8.51. The minimum absolute atomic E-state index is 0.873. The van der Waals surface area contributed by atoms with Crippen LogP contribution in [0.5, 0.6) is 0 Å². The van der Waals surface area contributed by atoms with E-state index < -0.39 is 0 Å². The highest BCUT2D eigenvalue weighted by molar-refractivity contribution is 5.44. The van der Waals surface area contributed by atoms with E-state index in [2.05, 4.69) is 92.7 Å². The zero-order valence-electron chi connectivity index (χ0n) is 17.5. The molecule has 0 N–H and O–H groups in total. The molecule has 0 bridgehead atoms. The molecule has 0 atom stereocenters. The number of hydrogen-bond acceptors (Lipinski definition) is 3. The fraction of sp³-hybridized carbons (Fsp3) is 0.458. The maximum absolute atomic E-state index is 4.92. The lowest BCUT2D eigenvalue weighted by atomic mass is 10.1. The van der Waals surface area contributed by atoms with E-state index in [0.717, 1.165) is 61.8 Å². The molecule has 2 rings (SSSR count). The van der Waals surface area contributed by atoms with Gasteiger partial charge in [-0.2, -0.15) is 0 Å². The normalized spacial score (nSPS) is 10.9. The predicted octanol–water partition coefficient (Wildman–Crippen LogP) is 4.47. The Bertz CT molecular complexity index is 728. The minimum Gasteiger partial charge on any atom is -0.298 e. The van der Waals surface area contributed by atoms with E-state index in [9.17, 15) is 0 Å². The summed E-state index contributed by atoms with van der Waals surface area (Å²) in [6.07, 6.45) is 0. The van der Waals surface area contributed by atoms with Gasteiger partial charge in [0.25, 0.3) is 0 Å². The van der Waals surface area contributed by atoms with Gasteiger partial charge in [-0.25, -0.2) is 0 Å². The zero-order chi connectivity index (χ0) is 19.6. The lowest BCUT2D eigenvalue weighted by Gasteiger charge is -2.20. The first kappa shape index (κ1) is 21.2. The van der Waals surface area contributed by atoms with Gasteiger partial charge in [-0.05, 0) is 57.4 Å². The lowest BCUT2D eigenvalue weighted by molar-refractivity contribution is 0.284. The summed E-state index contributed by atoms with van der Waals surface area (Å²) in [4.78, 5) is 9.70. The molecule has 1 heterocycles. The van der Waals surface area contributed by atoms with E-state index in [1.807, 2.05) is 0 Å². The molecular weight excluding hydrogens is 330 g/mol. The van der Waals surface area contributed by atoms with Gasteiger partial charge in [-0.15, -0.1) is 0 Å². The van der Waals surface area contributed by atoms with E-state index in [1.165, 1.54) is 5.56 Å². The average molecular weight is 364 g/mol. The standard InChI is InChI=1S/C24H33N3/c1-6-26(7-2)18-23-16-22(15-14-21-12-10-20(5)11-13-21)17-24(25-23)19-27(8-3)9-4/h10-13,16-17H,6-9,18-19H2,1-5H3. The Labute approximate surface area is 165 Å². The van der Waals surface area contributed by atoms with Crippen molar-refractivity contribution in [2.75, 3.05) is 26.2 Å². The SMILES string of the molecule is CCN(CC)Cc1cc(C#Cc2ccc(C)cc2)cc(CN(CC)CC)n1. The van der Waals surface area contributed by atoms with Gasteiger partial charge in [0.2, 0.25) is 0 Å². The number of aromatic nitrogens is 1. The molecule has 1 aromatic heterocycles. The van der Waals surface area contributed by atoms with Gasteiger partial charge < -0.3 is 0 Å². The largest absolute Gasteiger partial charge is 0.298 e. The molecule has 144 valence electrons. The molecule has 3 heteroatoms. The van der Waals surface area contributed by atoms with Crippen molar-refractivity contribution in [3.05, 3.63) is 64.5 Å². The van der Waals surface area contributed by atoms with Gasteiger partial charge in [-0.1, -0.05) is 57.2 Å². The number of benzene rings is 1. The van der Waals surface area contributed by atoms with Crippen LogP contribution in [0.1, 0.15) is 55.8 Å². The van der Waals surface area contributed by atoms with Crippen molar-refractivity contribution in [1.29, 1.82) is 0 Å².